The van der Waals surface area contributed by atoms with Gasteiger partial charge in [-0.3, -0.25) is 8.97 Å². The van der Waals surface area contributed by atoms with E-state index >= 15 is 0 Å². The smallest absolute Gasteiger partial charge is 0.216 e. The lowest BCUT2D eigenvalue weighted by atomic mass is 10.1. The molecule has 2 fully saturated rings. The van der Waals surface area contributed by atoms with Crippen molar-refractivity contribution in [2.75, 3.05) is 39.3 Å². The standard InChI is InChI=1S/C20H42N2/c1-4-7-14-21(16-9-10-17-21)20(13-6-3)22(15-8-5-2)18-11-12-19-22/h20H,4-19H2,1-3H3/q+2. The number of rotatable bonds is 10. The highest BCUT2D eigenvalue weighted by Crippen LogP contribution is 2.37. The highest BCUT2D eigenvalue weighted by atomic mass is 15.6. The van der Waals surface area contributed by atoms with Crippen LogP contribution >= 0.6 is 0 Å². The maximum absolute atomic E-state index is 2.42. The van der Waals surface area contributed by atoms with E-state index in [1.54, 1.807) is 0 Å². The van der Waals surface area contributed by atoms with Crippen LogP contribution in [0.4, 0.5) is 0 Å². The average molecular weight is 311 g/mol. The van der Waals surface area contributed by atoms with Crippen LogP contribution in [0.5, 0.6) is 0 Å². The molecule has 0 saturated carbocycles. The first kappa shape index (κ1) is 18.3. The van der Waals surface area contributed by atoms with Crippen molar-refractivity contribution in [2.24, 2.45) is 0 Å². The lowest BCUT2D eigenvalue weighted by molar-refractivity contribution is -1.13. The van der Waals surface area contributed by atoms with Crippen molar-refractivity contribution in [1.29, 1.82) is 0 Å². The quantitative estimate of drug-likeness (QED) is 0.502. The molecule has 130 valence electrons. The Kier molecular flexibility index (Phi) is 7.21. The minimum absolute atomic E-state index is 0.924. The summed E-state index contributed by atoms with van der Waals surface area (Å²) >= 11 is 0. The molecule has 0 aromatic rings. The predicted molar refractivity (Wildman–Crippen MR) is 96.7 cm³/mol. The van der Waals surface area contributed by atoms with Gasteiger partial charge in [-0.1, -0.05) is 33.6 Å². The van der Waals surface area contributed by atoms with Crippen LogP contribution in [0.1, 0.15) is 85.0 Å². The van der Waals surface area contributed by atoms with Gasteiger partial charge in [0.2, 0.25) is 6.17 Å². The van der Waals surface area contributed by atoms with Gasteiger partial charge < -0.3 is 0 Å². The van der Waals surface area contributed by atoms with Crippen LogP contribution in [0, 0.1) is 0 Å². The Bertz CT molecular complexity index is 273. The number of hydrogen-bond donors (Lipinski definition) is 0. The Hall–Kier alpha value is -0.0800. The van der Waals surface area contributed by atoms with Gasteiger partial charge in [0.25, 0.3) is 0 Å². The molecule has 0 aromatic carbocycles. The number of quaternary nitrogens is 2. The fourth-order valence-corrected chi connectivity index (χ4v) is 5.54. The number of hydrogen-bond acceptors (Lipinski definition) is 0. The van der Waals surface area contributed by atoms with E-state index in [1.807, 2.05) is 0 Å². The Morgan fingerprint density at radius 3 is 1.36 bits per heavy atom. The maximum atomic E-state index is 2.42. The summed E-state index contributed by atoms with van der Waals surface area (Å²) in [5, 5.41) is 0. The van der Waals surface area contributed by atoms with Crippen molar-refractivity contribution in [3.63, 3.8) is 0 Å². The Morgan fingerprint density at radius 1 is 0.636 bits per heavy atom. The van der Waals surface area contributed by atoms with E-state index in [0.29, 0.717) is 0 Å². The molecular formula is C20H42N2+2. The number of nitrogens with zero attached hydrogens (tertiary/aromatic N) is 2. The van der Waals surface area contributed by atoms with Crippen LogP contribution in [-0.4, -0.2) is 54.4 Å². The molecule has 2 saturated heterocycles. The third kappa shape index (κ3) is 3.87. The summed E-state index contributed by atoms with van der Waals surface area (Å²) in [7, 11) is 0. The van der Waals surface area contributed by atoms with Crippen LogP contribution in [-0.2, 0) is 0 Å². The topological polar surface area (TPSA) is 0 Å². The van der Waals surface area contributed by atoms with Crippen LogP contribution < -0.4 is 0 Å². The molecule has 2 heteroatoms. The third-order valence-corrected chi connectivity index (χ3v) is 6.64. The van der Waals surface area contributed by atoms with Crippen molar-refractivity contribution in [2.45, 2.75) is 91.1 Å². The third-order valence-electron chi connectivity index (χ3n) is 6.64. The van der Waals surface area contributed by atoms with Crippen molar-refractivity contribution >= 4 is 0 Å². The van der Waals surface area contributed by atoms with Crippen LogP contribution in [0.15, 0.2) is 0 Å². The molecule has 0 aromatic heterocycles. The maximum Gasteiger partial charge on any atom is 0.216 e. The molecule has 0 atom stereocenters. The van der Waals surface area contributed by atoms with Crippen molar-refractivity contribution in [3.8, 4) is 0 Å². The molecule has 0 amide bonds. The fourth-order valence-electron chi connectivity index (χ4n) is 5.54. The molecule has 2 nitrogen and oxygen atoms in total. The van der Waals surface area contributed by atoms with Crippen LogP contribution in [0.25, 0.3) is 0 Å². The van der Waals surface area contributed by atoms with Gasteiger partial charge in [0.1, 0.15) is 0 Å². The van der Waals surface area contributed by atoms with E-state index in [-0.39, 0.29) is 0 Å². The summed E-state index contributed by atoms with van der Waals surface area (Å²) in [5.41, 5.74) is 0. The van der Waals surface area contributed by atoms with E-state index in [1.165, 1.54) is 112 Å². The predicted octanol–water partition coefficient (Wildman–Crippen LogP) is 4.93. The minimum Gasteiger partial charge on any atom is -0.275 e. The first-order valence-electron chi connectivity index (χ1n) is 10.4. The van der Waals surface area contributed by atoms with Crippen LogP contribution in [0.3, 0.4) is 0 Å². The first-order chi connectivity index (χ1) is 10.7. The molecule has 2 aliphatic rings. The molecule has 0 radical (unpaired) electrons. The Balaban J connectivity index is 2.24. The summed E-state index contributed by atoms with van der Waals surface area (Å²) < 4.78 is 2.98. The van der Waals surface area contributed by atoms with Crippen LogP contribution in [0.2, 0.25) is 0 Å². The van der Waals surface area contributed by atoms with E-state index in [9.17, 15) is 0 Å². The van der Waals surface area contributed by atoms with E-state index in [2.05, 4.69) is 20.8 Å². The Labute approximate surface area is 140 Å². The second-order valence-corrected chi connectivity index (χ2v) is 8.17. The minimum atomic E-state index is 0.924. The largest absolute Gasteiger partial charge is 0.275 e. The van der Waals surface area contributed by atoms with E-state index in [0.717, 1.165) is 6.17 Å². The zero-order valence-corrected chi connectivity index (χ0v) is 15.8. The number of unbranched alkanes of at least 4 members (excludes halogenated alkanes) is 2. The highest BCUT2D eigenvalue weighted by Gasteiger charge is 2.52. The van der Waals surface area contributed by atoms with Gasteiger partial charge in [-0.2, -0.15) is 0 Å². The lowest BCUT2D eigenvalue weighted by Crippen LogP contribution is -2.69. The summed E-state index contributed by atoms with van der Waals surface area (Å²) in [6, 6.07) is 0. The molecule has 2 heterocycles. The molecule has 0 spiro atoms. The first-order valence-corrected chi connectivity index (χ1v) is 10.4. The van der Waals surface area contributed by atoms with Crippen molar-refractivity contribution < 1.29 is 8.97 Å². The lowest BCUT2D eigenvalue weighted by Gasteiger charge is -2.51. The van der Waals surface area contributed by atoms with Gasteiger partial charge in [-0.05, 0) is 19.3 Å². The normalized spacial score (nSPS) is 23.5. The second kappa shape index (κ2) is 8.68. The summed E-state index contributed by atoms with van der Waals surface area (Å²) in [6.07, 6.45) is 15.3. The van der Waals surface area contributed by atoms with E-state index < -0.39 is 0 Å². The fraction of sp³-hybridized carbons (Fsp3) is 1.00. The van der Waals surface area contributed by atoms with Gasteiger partial charge in [-0.15, -0.1) is 0 Å². The van der Waals surface area contributed by atoms with Gasteiger partial charge in [-0.25, -0.2) is 0 Å². The monoisotopic (exact) mass is 310 g/mol. The molecule has 0 N–H and O–H groups in total. The SMILES string of the molecule is CCCC[N+]1(C(CCC)[N+]2(CCCC)CCCC2)CCCC1. The van der Waals surface area contributed by atoms with Gasteiger partial charge >= 0.3 is 0 Å². The van der Waals surface area contributed by atoms with Crippen molar-refractivity contribution in [3.05, 3.63) is 0 Å². The Morgan fingerprint density at radius 2 is 1.05 bits per heavy atom. The van der Waals surface area contributed by atoms with Gasteiger partial charge in [0.05, 0.1) is 45.7 Å². The zero-order chi connectivity index (χ0) is 15.9. The van der Waals surface area contributed by atoms with E-state index in [4.69, 9.17) is 0 Å². The van der Waals surface area contributed by atoms with Gasteiger partial charge in [0, 0.05) is 25.7 Å². The number of likely N-dealkylation sites (tertiary alicyclic amines) is 2. The summed E-state index contributed by atoms with van der Waals surface area (Å²) in [4.78, 5) is 0. The summed E-state index contributed by atoms with van der Waals surface area (Å²) in [6.45, 7) is 16.0. The van der Waals surface area contributed by atoms with Gasteiger partial charge in [0.15, 0.2) is 0 Å². The van der Waals surface area contributed by atoms with Crippen molar-refractivity contribution in [1.82, 2.24) is 0 Å². The molecule has 2 aliphatic heterocycles. The molecule has 22 heavy (non-hydrogen) atoms. The zero-order valence-electron chi connectivity index (χ0n) is 15.8. The molecule has 0 unspecified atom stereocenters. The highest BCUT2D eigenvalue weighted by molar-refractivity contribution is 4.66. The molecule has 0 bridgehead atoms. The molecule has 0 aliphatic carbocycles. The average Bonchev–Trinajstić information content (AvgIpc) is 3.19. The molecular weight excluding hydrogens is 268 g/mol. The summed E-state index contributed by atoms with van der Waals surface area (Å²) in [5.74, 6) is 0. The molecule has 2 rings (SSSR count). The second-order valence-electron chi connectivity index (χ2n) is 8.17.